The Labute approximate surface area is 115 Å². The summed E-state index contributed by atoms with van der Waals surface area (Å²) in [6.45, 7) is 2.70. The van der Waals surface area contributed by atoms with Gasteiger partial charge in [0.2, 0.25) is 0 Å². The van der Waals surface area contributed by atoms with Crippen molar-refractivity contribution in [2.45, 2.75) is 25.5 Å². The van der Waals surface area contributed by atoms with Crippen molar-refractivity contribution in [3.8, 4) is 0 Å². The number of carbonyl (C=O) groups excluding carboxylic acids is 1. The fraction of sp³-hybridized carbons (Fsp3) is 0.667. The molecule has 2 aliphatic rings. The Hall–Kier alpha value is -1.02. The molecule has 1 saturated heterocycles. The number of carbonyl (C=O) groups is 1. The van der Waals surface area contributed by atoms with Crippen molar-refractivity contribution in [2.24, 2.45) is 17.7 Å². The molecule has 1 aliphatic heterocycles. The van der Waals surface area contributed by atoms with E-state index in [2.05, 4.69) is 15.3 Å². The number of nitrogen functional groups attached to an aromatic ring is 1. The molecule has 6 nitrogen and oxygen atoms in total. The molecular weight excluding hydrogens is 264 g/mol. The summed E-state index contributed by atoms with van der Waals surface area (Å²) in [5.41, 5.74) is 2.99. The molecule has 0 spiro atoms. The Morgan fingerprint density at radius 1 is 1.58 bits per heavy atom. The van der Waals surface area contributed by atoms with Crippen LogP contribution < -0.4 is 11.3 Å². The minimum Gasteiger partial charge on any atom is -0.393 e. The lowest BCUT2D eigenvalue weighted by atomic mass is 10.00. The highest BCUT2D eigenvalue weighted by Crippen LogP contribution is 2.38. The Kier molecular flexibility index (Phi) is 3.53. The molecule has 1 aromatic rings. The summed E-state index contributed by atoms with van der Waals surface area (Å²) in [4.78, 5) is 17.9. The maximum Gasteiger partial charge on any atom is 0.294 e. The number of nitrogens with two attached hydrogens (primary N) is 1. The van der Waals surface area contributed by atoms with E-state index in [-0.39, 0.29) is 12.0 Å². The standard InChI is InChI=1S/C12H18N4O2S/c13-15-11(18)12-14-8(6-19-12)4-16-3-7-1-2-10(17)9(7)5-16/h6-7,9-10,17H,1-5,13H2,(H,15,18). The lowest BCUT2D eigenvalue weighted by Gasteiger charge is -2.16. The minimum absolute atomic E-state index is 0.135. The number of rotatable bonds is 3. The number of fused-ring (bicyclic) bond motifs is 1. The fourth-order valence-corrected chi connectivity index (χ4v) is 3.94. The topological polar surface area (TPSA) is 91.5 Å². The SMILES string of the molecule is NNC(=O)c1nc(CN2CC3CCC(O)C3C2)cs1. The number of aromatic nitrogens is 1. The van der Waals surface area contributed by atoms with Crippen LogP contribution in [-0.4, -0.2) is 40.1 Å². The Morgan fingerprint density at radius 3 is 3.16 bits per heavy atom. The van der Waals surface area contributed by atoms with Crippen LogP contribution in [0.15, 0.2) is 5.38 Å². The van der Waals surface area contributed by atoms with E-state index in [0.29, 0.717) is 16.8 Å². The van der Waals surface area contributed by atoms with E-state index in [4.69, 9.17) is 5.84 Å². The van der Waals surface area contributed by atoms with Crippen LogP contribution in [0.2, 0.25) is 0 Å². The number of aliphatic hydroxyl groups is 1. The molecule has 3 unspecified atom stereocenters. The smallest absolute Gasteiger partial charge is 0.294 e. The van der Waals surface area contributed by atoms with E-state index >= 15 is 0 Å². The number of hydrazine groups is 1. The molecule has 1 saturated carbocycles. The normalized spacial score (nSPS) is 30.5. The molecular formula is C12H18N4O2S. The van der Waals surface area contributed by atoms with Crippen molar-refractivity contribution in [2.75, 3.05) is 13.1 Å². The maximum atomic E-state index is 11.3. The second-order valence-corrected chi connectivity index (χ2v) is 6.24. The van der Waals surface area contributed by atoms with E-state index in [9.17, 15) is 9.90 Å². The molecule has 3 atom stereocenters. The van der Waals surface area contributed by atoms with Crippen LogP contribution in [0.25, 0.3) is 0 Å². The predicted molar refractivity (Wildman–Crippen MR) is 71.3 cm³/mol. The van der Waals surface area contributed by atoms with Crippen molar-refractivity contribution in [1.29, 1.82) is 0 Å². The van der Waals surface area contributed by atoms with Crippen LogP contribution in [-0.2, 0) is 6.54 Å². The van der Waals surface area contributed by atoms with E-state index in [0.717, 1.165) is 38.2 Å². The monoisotopic (exact) mass is 282 g/mol. The molecule has 104 valence electrons. The molecule has 1 aromatic heterocycles. The first-order valence-electron chi connectivity index (χ1n) is 6.53. The number of hydrogen-bond acceptors (Lipinski definition) is 6. The van der Waals surface area contributed by atoms with E-state index in [1.165, 1.54) is 11.3 Å². The zero-order valence-electron chi connectivity index (χ0n) is 10.6. The Bertz CT molecular complexity index is 478. The van der Waals surface area contributed by atoms with Gasteiger partial charge in [0, 0.05) is 30.9 Å². The van der Waals surface area contributed by atoms with Crippen molar-refractivity contribution in [3.63, 3.8) is 0 Å². The molecule has 19 heavy (non-hydrogen) atoms. The van der Waals surface area contributed by atoms with Gasteiger partial charge in [-0.3, -0.25) is 15.1 Å². The number of aliphatic hydroxyl groups excluding tert-OH is 1. The van der Waals surface area contributed by atoms with Crippen molar-refractivity contribution in [3.05, 3.63) is 16.1 Å². The van der Waals surface area contributed by atoms with Gasteiger partial charge in [-0.2, -0.15) is 0 Å². The first-order valence-corrected chi connectivity index (χ1v) is 7.41. The van der Waals surface area contributed by atoms with Gasteiger partial charge in [-0.05, 0) is 18.8 Å². The first kappa shape index (κ1) is 13.0. The largest absolute Gasteiger partial charge is 0.393 e. The molecule has 2 fully saturated rings. The van der Waals surface area contributed by atoms with Gasteiger partial charge in [0.15, 0.2) is 5.01 Å². The molecule has 3 rings (SSSR count). The van der Waals surface area contributed by atoms with E-state index < -0.39 is 0 Å². The third kappa shape index (κ3) is 2.51. The van der Waals surface area contributed by atoms with Gasteiger partial charge in [0.05, 0.1) is 11.8 Å². The average Bonchev–Trinajstić information content (AvgIpc) is 3.08. The van der Waals surface area contributed by atoms with Gasteiger partial charge in [-0.15, -0.1) is 11.3 Å². The fourth-order valence-electron chi connectivity index (χ4n) is 3.23. The van der Waals surface area contributed by atoms with Crippen LogP contribution in [0.4, 0.5) is 0 Å². The van der Waals surface area contributed by atoms with E-state index in [1.54, 1.807) is 0 Å². The number of thiazole rings is 1. The van der Waals surface area contributed by atoms with Gasteiger partial charge >= 0.3 is 0 Å². The summed E-state index contributed by atoms with van der Waals surface area (Å²) in [6, 6.07) is 0. The highest BCUT2D eigenvalue weighted by atomic mass is 32.1. The molecule has 7 heteroatoms. The van der Waals surface area contributed by atoms with Gasteiger partial charge in [0.25, 0.3) is 5.91 Å². The number of hydrogen-bond donors (Lipinski definition) is 3. The van der Waals surface area contributed by atoms with Crippen LogP contribution in [0.3, 0.4) is 0 Å². The highest BCUT2D eigenvalue weighted by molar-refractivity contribution is 7.11. The molecule has 1 aliphatic carbocycles. The maximum absolute atomic E-state index is 11.3. The quantitative estimate of drug-likeness (QED) is 0.411. The summed E-state index contributed by atoms with van der Waals surface area (Å²) in [5, 5.41) is 12.2. The lowest BCUT2D eigenvalue weighted by Crippen LogP contribution is -2.30. The third-order valence-electron chi connectivity index (χ3n) is 4.16. The number of likely N-dealkylation sites (tertiary alicyclic amines) is 1. The van der Waals surface area contributed by atoms with Crippen molar-refractivity contribution < 1.29 is 9.90 Å². The zero-order chi connectivity index (χ0) is 13.4. The second kappa shape index (κ2) is 5.16. The number of nitrogens with one attached hydrogen (secondary N) is 1. The van der Waals surface area contributed by atoms with Gasteiger partial charge < -0.3 is 5.11 Å². The molecule has 2 heterocycles. The zero-order valence-corrected chi connectivity index (χ0v) is 11.4. The van der Waals surface area contributed by atoms with Crippen LogP contribution in [0.1, 0.15) is 28.3 Å². The second-order valence-electron chi connectivity index (χ2n) is 5.38. The van der Waals surface area contributed by atoms with Crippen LogP contribution in [0.5, 0.6) is 0 Å². The highest BCUT2D eigenvalue weighted by Gasteiger charge is 2.41. The van der Waals surface area contributed by atoms with Gasteiger partial charge in [-0.25, -0.2) is 10.8 Å². The molecule has 0 radical (unpaired) electrons. The number of nitrogens with zero attached hydrogens (tertiary/aromatic N) is 2. The predicted octanol–water partition coefficient (Wildman–Crippen LogP) is -0.0507. The Morgan fingerprint density at radius 2 is 2.42 bits per heavy atom. The third-order valence-corrected chi connectivity index (χ3v) is 5.05. The van der Waals surface area contributed by atoms with Gasteiger partial charge in [0.1, 0.15) is 0 Å². The van der Waals surface area contributed by atoms with Crippen molar-refractivity contribution >= 4 is 17.2 Å². The van der Waals surface area contributed by atoms with Crippen LogP contribution >= 0.6 is 11.3 Å². The summed E-state index contributed by atoms with van der Waals surface area (Å²) in [7, 11) is 0. The molecule has 4 N–H and O–H groups in total. The summed E-state index contributed by atoms with van der Waals surface area (Å²) < 4.78 is 0. The molecule has 0 aromatic carbocycles. The minimum atomic E-state index is -0.343. The van der Waals surface area contributed by atoms with E-state index in [1.807, 2.05) is 5.38 Å². The molecule has 1 amide bonds. The van der Waals surface area contributed by atoms with Crippen LogP contribution in [0, 0.1) is 11.8 Å². The summed E-state index contributed by atoms with van der Waals surface area (Å²) >= 11 is 1.31. The average molecular weight is 282 g/mol. The summed E-state index contributed by atoms with van der Waals surface area (Å²) in [5.74, 6) is 5.79. The first-order chi connectivity index (χ1) is 9.17. The molecule has 0 bridgehead atoms. The van der Waals surface area contributed by atoms with Gasteiger partial charge in [-0.1, -0.05) is 0 Å². The van der Waals surface area contributed by atoms with Crippen molar-refractivity contribution in [1.82, 2.24) is 15.3 Å². The lowest BCUT2D eigenvalue weighted by molar-refractivity contribution is 0.0953. The number of amides is 1. The Balaban J connectivity index is 1.61. The summed E-state index contributed by atoms with van der Waals surface area (Å²) in [6.07, 6.45) is 1.94.